The van der Waals surface area contributed by atoms with E-state index in [9.17, 15) is 0 Å². The first-order valence-corrected chi connectivity index (χ1v) is 9.43. The average Bonchev–Trinajstić information content (AvgIpc) is 3.15. The molecule has 0 amide bonds. The summed E-state index contributed by atoms with van der Waals surface area (Å²) in [5.41, 5.74) is 3.48. The molecule has 0 bridgehead atoms. The van der Waals surface area contributed by atoms with Gasteiger partial charge < -0.3 is 9.73 Å². The summed E-state index contributed by atoms with van der Waals surface area (Å²) in [6.45, 7) is 0. The molecule has 0 fully saturated rings. The Balaban J connectivity index is 1.62. The quantitative estimate of drug-likeness (QED) is 0.381. The van der Waals surface area contributed by atoms with Gasteiger partial charge in [0, 0.05) is 21.8 Å². The number of hydrogen-bond acceptors (Lipinski definition) is 3. The molecule has 138 valence electrons. The van der Waals surface area contributed by atoms with Crippen LogP contribution in [0.1, 0.15) is 0 Å². The average molecular weight is 406 g/mol. The van der Waals surface area contributed by atoms with Crippen LogP contribution in [0.5, 0.6) is 0 Å². The summed E-state index contributed by atoms with van der Waals surface area (Å²) in [6.07, 6.45) is 0. The number of halogens is 1. The molecule has 0 aliphatic heterocycles. The third-order valence-corrected chi connectivity index (χ3v) is 4.49. The number of nitrogens with one attached hydrogen (secondary N) is 2. The molecule has 3 aromatic carbocycles. The normalized spacial score (nSPS) is 10.5. The van der Waals surface area contributed by atoms with Crippen LogP contribution in [-0.4, -0.2) is 10.1 Å². The summed E-state index contributed by atoms with van der Waals surface area (Å²) in [5, 5.41) is 7.14. The number of hydrogen-bond donors (Lipinski definition) is 2. The second-order valence-electron chi connectivity index (χ2n) is 6.01. The molecular weight excluding hydrogens is 390 g/mol. The first-order chi connectivity index (χ1) is 13.7. The lowest BCUT2D eigenvalue weighted by Gasteiger charge is -2.07. The van der Waals surface area contributed by atoms with Crippen molar-refractivity contribution in [3.8, 4) is 22.6 Å². The van der Waals surface area contributed by atoms with Crippen molar-refractivity contribution in [2.75, 3.05) is 10.6 Å². The van der Waals surface area contributed by atoms with E-state index in [1.807, 2.05) is 72.8 Å². The predicted octanol–water partition coefficient (Wildman–Crippen LogP) is 6.47. The van der Waals surface area contributed by atoms with Crippen LogP contribution in [0.4, 0.5) is 11.7 Å². The summed E-state index contributed by atoms with van der Waals surface area (Å²) < 4.78 is 6.01. The van der Waals surface area contributed by atoms with Crippen LogP contribution in [0.2, 0.25) is 5.02 Å². The van der Waals surface area contributed by atoms with E-state index < -0.39 is 0 Å². The van der Waals surface area contributed by atoms with Crippen molar-refractivity contribution in [1.82, 2.24) is 4.98 Å². The standard InChI is InChI=1S/C22H16ClN3OS/c23-17-11-13-18(14-12-17)24-22(28)26-21-25-19(15-7-3-1-4-8-15)20(27-21)16-9-5-2-6-10-16/h1-14H,(H2,24,25,26,28). The van der Waals surface area contributed by atoms with Gasteiger partial charge in [-0.15, -0.1) is 0 Å². The summed E-state index contributed by atoms with van der Waals surface area (Å²) in [5.74, 6) is 0.684. The van der Waals surface area contributed by atoms with Gasteiger partial charge in [-0.2, -0.15) is 4.98 Å². The minimum Gasteiger partial charge on any atom is -0.423 e. The highest BCUT2D eigenvalue weighted by Crippen LogP contribution is 2.34. The maximum Gasteiger partial charge on any atom is 0.302 e. The number of thiocarbonyl (C=S) groups is 1. The second-order valence-corrected chi connectivity index (χ2v) is 6.86. The Labute approximate surface area is 173 Å². The number of anilines is 2. The maximum absolute atomic E-state index is 6.01. The Kier molecular flexibility index (Phi) is 5.37. The third-order valence-electron chi connectivity index (χ3n) is 4.03. The molecule has 0 saturated heterocycles. The van der Waals surface area contributed by atoms with Crippen LogP contribution in [0.25, 0.3) is 22.6 Å². The van der Waals surface area contributed by atoms with Gasteiger partial charge in [-0.05, 0) is 36.5 Å². The number of rotatable bonds is 4. The summed E-state index contributed by atoms with van der Waals surface area (Å²) >= 11 is 11.3. The zero-order chi connectivity index (χ0) is 19.3. The molecule has 0 aliphatic rings. The predicted molar refractivity (Wildman–Crippen MR) is 119 cm³/mol. The third kappa shape index (κ3) is 4.22. The molecule has 1 heterocycles. The monoisotopic (exact) mass is 405 g/mol. The second kappa shape index (κ2) is 8.25. The SMILES string of the molecule is S=C(Nc1ccc(Cl)cc1)Nc1nc(-c2ccccc2)c(-c2ccccc2)o1. The van der Waals surface area contributed by atoms with Gasteiger partial charge in [-0.3, -0.25) is 5.32 Å². The lowest BCUT2D eigenvalue weighted by molar-refractivity contribution is 0.594. The number of oxazole rings is 1. The van der Waals surface area contributed by atoms with Crippen molar-refractivity contribution in [1.29, 1.82) is 0 Å². The van der Waals surface area contributed by atoms with Gasteiger partial charge in [-0.25, -0.2) is 0 Å². The summed E-state index contributed by atoms with van der Waals surface area (Å²) in [4.78, 5) is 4.63. The Morgan fingerprint density at radius 2 is 1.39 bits per heavy atom. The fourth-order valence-corrected chi connectivity index (χ4v) is 3.07. The molecule has 4 aromatic rings. The van der Waals surface area contributed by atoms with Crippen molar-refractivity contribution in [2.24, 2.45) is 0 Å². The molecule has 6 heteroatoms. The molecule has 2 N–H and O–H groups in total. The van der Waals surface area contributed by atoms with Crippen LogP contribution >= 0.6 is 23.8 Å². The highest BCUT2D eigenvalue weighted by Gasteiger charge is 2.17. The zero-order valence-corrected chi connectivity index (χ0v) is 16.3. The zero-order valence-electron chi connectivity index (χ0n) is 14.7. The van der Waals surface area contributed by atoms with E-state index in [2.05, 4.69) is 15.6 Å². The van der Waals surface area contributed by atoms with Gasteiger partial charge in [-0.1, -0.05) is 72.3 Å². The highest BCUT2D eigenvalue weighted by atomic mass is 35.5. The minimum absolute atomic E-state index is 0.323. The molecule has 4 nitrogen and oxygen atoms in total. The van der Waals surface area contributed by atoms with Crippen molar-refractivity contribution in [2.45, 2.75) is 0 Å². The van der Waals surface area contributed by atoms with Crippen LogP contribution < -0.4 is 10.6 Å². The Morgan fingerprint density at radius 3 is 2.04 bits per heavy atom. The summed E-state index contributed by atoms with van der Waals surface area (Å²) in [6, 6.07) is 27.4. The molecule has 0 radical (unpaired) electrons. The van der Waals surface area contributed by atoms with Crippen LogP contribution in [0.15, 0.2) is 89.3 Å². The number of benzene rings is 3. The van der Waals surface area contributed by atoms with E-state index in [0.29, 0.717) is 21.9 Å². The fourth-order valence-electron chi connectivity index (χ4n) is 2.74. The first kappa shape index (κ1) is 18.2. The fraction of sp³-hybridized carbons (Fsp3) is 0. The van der Waals surface area contributed by atoms with Crippen molar-refractivity contribution in [3.63, 3.8) is 0 Å². The molecule has 0 saturated carbocycles. The van der Waals surface area contributed by atoms with E-state index >= 15 is 0 Å². The molecule has 0 unspecified atom stereocenters. The lowest BCUT2D eigenvalue weighted by Crippen LogP contribution is -2.19. The van der Waals surface area contributed by atoms with Gasteiger partial charge in [0.05, 0.1) is 0 Å². The molecule has 28 heavy (non-hydrogen) atoms. The Morgan fingerprint density at radius 1 is 0.786 bits per heavy atom. The Hall–Kier alpha value is -3.15. The molecule has 0 atom stereocenters. The highest BCUT2D eigenvalue weighted by molar-refractivity contribution is 7.80. The lowest BCUT2D eigenvalue weighted by atomic mass is 10.1. The molecule has 0 aliphatic carbocycles. The molecular formula is C22H16ClN3OS. The number of nitrogens with zero attached hydrogens (tertiary/aromatic N) is 1. The topological polar surface area (TPSA) is 50.1 Å². The van der Waals surface area contributed by atoms with Crippen molar-refractivity contribution in [3.05, 3.63) is 90.0 Å². The van der Waals surface area contributed by atoms with Crippen molar-refractivity contribution < 1.29 is 4.42 Å². The Bertz CT molecular complexity index is 1020. The van der Waals surface area contributed by atoms with Crippen molar-refractivity contribution >= 4 is 40.6 Å². The van der Waals surface area contributed by atoms with Crippen LogP contribution in [0.3, 0.4) is 0 Å². The van der Waals surface area contributed by atoms with E-state index in [1.54, 1.807) is 12.1 Å². The van der Waals surface area contributed by atoms with E-state index in [-0.39, 0.29) is 0 Å². The molecule has 1 aromatic heterocycles. The van der Waals surface area contributed by atoms with Gasteiger partial charge in [0.15, 0.2) is 10.9 Å². The largest absolute Gasteiger partial charge is 0.423 e. The maximum atomic E-state index is 6.01. The van der Waals surface area contributed by atoms with Gasteiger partial charge >= 0.3 is 6.01 Å². The van der Waals surface area contributed by atoms with E-state index in [4.69, 9.17) is 28.2 Å². The smallest absolute Gasteiger partial charge is 0.302 e. The van der Waals surface area contributed by atoms with Crippen LogP contribution in [0, 0.1) is 0 Å². The van der Waals surface area contributed by atoms with Gasteiger partial charge in [0.1, 0.15) is 5.69 Å². The van der Waals surface area contributed by atoms with Gasteiger partial charge in [0.2, 0.25) is 0 Å². The van der Waals surface area contributed by atoms with E-state index in [0.717, 1.165) is 22.5 Å². The first-order valence-electron chi connectivity index (χ1n) is 8.64. The van der Waals surface area contributed by atoms with E-state index in [1.165, 1.54) is 0 Å². The minimum atomic E-state index is 0.323. The molecule has 4 rings (SSSR count). The van der Waals surface area contributed by atoms with Gasteiger partial charge in [0.25, 0.3) is 0 Å². The number of aromatic nitrogens is 1. The van der Waals surface area contributed by atoms with Crippen LogP contribution in [-0.2, 0) is 0 Å². The molecule has 0 spiro atoms. The summed E-state index contributed by atoms with van der Waals surface area (Å²) in [7, 11) is 0.